The van der Waals surface area contributed by atoms with E-state index in [-0.39, 0.29) is 18.4 Å². The monoisotopic (exact) mass is 341 g/mol. The average Bonchev–Trinajstić information content (AvgIpc) is 2.65. The Labute approximate surface area is 147 Å². The number of aromatic nitrogens is 1. The zero-order chi connectivity index (χ0) is 17.9. The quantitative estimate of drug-likeness (QED) is 0.683. The summed E-state index contributed by atoms with van der Waals surface area (Å²) in [4.78, 5) is 27.4. The number of rotatable bonds is 9. The molecule has 0 aliphatic heterocycles. The van der Waals surface area contributed by atoms with E-state index in [1.165, 1.54) is 11.8 Å². The predicted molar refractivity (Wildman–Crippen MR) is 95.5 cm³/mol. The molecule has 1 aromatic carbocycles. The maximum absolute atomic E-state index is 11.8. The van der Waals surface area contributed by atoms with Crippen LogP contribution in [0.3, 0.4) is 0 Å². The molecular weight excluding hydrogens is 318 g/mol. The Bertz CT molecular complexity index is 672. The summed E-state index contributed by atoms with van der Waals surface area (Å²) in [5.74, 6) is 0.221. The van der Waals surface area contributed by atoms with Crippen molar-refractivity contribution in [3.8, 4) is 5.75 Å². The Morgan fingerprint density at radius 2 is 1.84 bits per heavy atom. The molecular formula is C19H23N3O3. The molecule has 132 valence electrons. The molecule has 0 fully saturated rings. The van der Waals surface area contributed by atoms with Crippen molar-refractivity contribution in [2.45, 2.75) is 19.8 Å². The maximum Gasteiger partial charge on any atom is 0.258 e. The molecule has 0 unspecified atom stereocenters. The molecule has 1 heterocycles. The number of carbonyl (C=O) groups is 2. The van der Waals surface area contributed by atoms with E-state index >= 15 is 0 Å². The molecule has 6 heteroatoms. The van der Waals surface area contributed by atoms with Gasteiger partial charge in [-0.1, -0.05) is 25.5 Å². The van der Waals surface area contributed by atoms with Gasteiger partial charge in [-0.25, -0.2) is 0 Å². The van der Waals surface area contributed by atoms with E-state index in [9.17, 15) is 9.59 Å². The lowest BCUT2D eigenvalue weighted by molar-refractivity contribution is -0.123. The van der Waals surface area contributed by atoms with Gasteiger partial charge in [0, 0.05) is 25.5 Å². The van der Waals surface area contributed by atoms with Crippen LogP contribution < -0.4 is 15.4 Å². The Morgan fingerprint density at radius 1 is 1.08 bits per heavy atom. The third-order valence-corrected chi connectivity index (χ3v) is 3.49. The zero-order valence-electron chi connectivity index (χ0n) is 14.3. The topological polar surface area (TPSA) is 80.3 Å². The fraction of sp³-hybridized carbons (Fsp3) is 0.316. The lowest BCUT2D eigenvalue weighted by atomic mass is 10.1. The number of aryl methyl sites for hydroxylation is 1. The van der Waals surface area contributed by atoms with Crippen LogP contribution in [0.1, 0.15) is 29.3 Å². The summed E-state index contributed by atoms with van der Waals surface area (Å²) in [7, 11) is 0. The standard InChI is InChI=1S/C19H23N3O3/c1-2-4-15-6-8-17(9-7-15)25-14-18(23)21-11-12-22-19(24)16-5-3-10-20-13-16/h3,5-10,13H,2,4,11-12,14H2,1H3,(H,21,23)(H,22,24). The summed E-state index contributed by atoms with van der Waals surface area (Å²) in [6.45, 7) is 2.76. The normalized spacial score (nSPS) is 10.1. The molecule has 25 heavy (non-hydrogen) atoms. The minimum Gasteiger partial charge on any atom is -0.484 e. The van der Waals surface area contributed by atoms with Crippen LogP contribution in [0.4, 0.5) is 0 Å². The molecule has 2 N–H and O–H groups in total. The SMILES string of the molecule is CCCc1ccc(OCC(=O)NCCNC(=O)c2cccnc2)cc1. The van der Waals surface area contributed by atoms with Gasteiger partial charge < -0.3 is 15.4 Å². The molecule has 2 aromatic rings. The van der Waals surface area contributed by atoms with E-state index in [4.69, 9.17) is 4.74 Å². The first-order valence-corrected chi connectivity index (χ1v) is 8.35. The van der Waals surface area contributed by atoms with Crippen LogP contribution in [0.2, 0.25) is 0 Å². The number of benzene rings is 1. The Balaban J connectivity index is 1.61. The van der Waals surface area contributed by atoms with E-state index in [1.807, 2.05) is 24.3 Å². The third kappa shape index (κ3) is 6.63. The summed E-state index contributed by atoms with van der Waals surface area (Å²) in [6.07, 6.45) is 5.23. The second-order valence-electron chi connectivity index (χ2n) is 5.53. The van der Waals surface area contributed by atoms with E-state index in [1.54, 1.807) is 18.3 Å². The smallest absolute Gasteiger partial charge is 0.258 e. The maximum atomic E-state index is 11.8. The van der Waals surface area contributed by atoms with Crippen molar-refractivity contribution in [1.82, 2.24) is 15.6 Å². The van der Waals surface area contributed by atoms with Crippen LogP contribution in [0.5, 0.6) is 5.75 Å². The number of carbonyl (C=O) groups excluding carboxylic acids is 2. The van der Waals surface area contributed by atoms with Crippen molar-refractivity contribution < 1.29 is 14.3 Å². The molecule has 0 aliphatic rings. The number of amides is 2. The lowest BCUT2D eigenvalue weighted by Crippen LogP contribution is -2.36. The van der Waals surface area contributed by atoms with Crippen LogP contribution >= 0.6 is 0 Å². The van der Waals surface area contributed by atoms with Gasteiger partial charge in [-0.2, -0.15) is 0 Å². The van der Waals surface area contributed by atoms with Crippen molar-refractivity contribution in [2.24, 2.45) is 0 Å². The van der Waals surface area contributed by atoms with Gasteiger partial charge in [-0.15, -0.1) is 0 Å². The second kappa shape index (κ2) is 10.1. The summed E-state index contributed by atoms with van der Waals surface area (Å²) < 4.78 is 5.44. The predicted octanol–water partition coefficient (Wildman–Crippen LogP) is 1.96. The molecule has 2 rings (SSSR count). The highest BCUT2D eigenvalue weighted by Gasteiger charge is 2.05. The minimum absolute atomic E-state index is 0.0519. The van der Waals surface area contributed by atoms with Gasteiger partial charge in [-0.3, -0.25) is 14.6 Å². The van der Waals surface area contributed by atoms with Gasteiger partial charge >= 0.3 is 0 Å². The van der Waals surface area contributed by atoms with Crippen LogP contribution in [0, 0.1) is 0 Å². The van der Waals surface area contributed by atoms with Crippen LogP contribution in [-0.4, -0.2) is 36.5 Å². The van der Waals surface area contributed by atoms with Crippen molar-refractivity contribution in [3.63, 3.8) is 0 Å². The summed E-state index contributed by atoms with van der Waals surface area (Å²) in [5.41, 5.74) is 1.74. The Kier molecular flexibility index (Phi) is 7.43. The van der Waals surface area contributed by atoms with Gasteiger partial charge in [0.25, 0.3) is 11.8 Å². The number of nitrogens with one attached hydrogen (secondary N) is 2. The first-order valence-electron chi connectivity index (χ1n) is 8.35. The van der Waals surface area contributed by atoms with Gasteiger partial charge in [0.05, 0.1) is 5.56 Å². The number of nitrogens with zero attached hydrogens (tertiary/aromatic N) is 1. The number of ether oxygens (including phenoxy) is 1. The largest absolute Gasteiger partial charge is 0.484 e. The minimum atomic E-state index is -0.228. The van der Waals surface area contributed by atoms with E-state index in [0.29, 0.717) is 24.4 Å². The van der Waals surface area contributed by atoms with E-state index in [0.717, 1.165) is 12.8 Å². The first kappa shape index (κ1) is 18.4. The molecule has 6 nitrogen and oxygen atoms in total. The van der Waals surface area contributed by atoms with Gasteiger partial charge in [0.15, 0.2) is 6.61 Å². The fourth-order valence-electron chi connectivity index (χ4n) is 2.22. The Morgan fingerprint density at radius 3 is 2.52 bits per heavy atom. The highest BCUT2D eigenvalue weighted by atomic mass is 16.5. The van der Waals surface area contributed by atoms with Crippen molar-refractivity contribution in [2.75, 3.05) is 19.7 Å². The van der Waals surface area contributed by atoms with Gasteiger partial charge in [-0.05, 0) is 36.2 Å². The van der Waals surface area contributed by atoms with Crippen molar-refractivity contribution >= 4 is 11.8 Å². The van der Waals surface area contributed by atoms with Crippen LogP contribution in [-0.2, 0) is 11.2 Å². The molecule has 0 aliphatic carbocycles. The van der Waals surface area contributed by atoms with Crippen LogP contribution in [0.15, 0.2) is 48.8 Å². The first-order chi connectivity index (χ1) is 12.2. The fourth-order valence-corrected chi connectivity index (χ4v) is 2.22. The lowest BCUT2D eigenvalue weighted by Gasteiger charge is -2.09. The van der Waals surface area contributed by atoms with E-state index < -0.39 is 0 Å². The van der Waals surface area contributed by atoms with Gasteiger partial charge in [0.2, 0.25) is 0 Å². The molecule has 1 aromatic heterocycles. The molecule has 0 saturated heterocycles. The molecule has 0 atom stereocenters. The molecule has 0 bridgehead atoms. The average molecular weight is 341 g/mol. The molecule has 2 amide bonds. The number of hydrogen-bond acceptors (Lipinski definition) is 4. The van der Waals surface area contributed by atoms with Gasteiger partial charge in [0.1, 0.15) is 5.75 Å². The number of pyridine rings is 1. The molecule has 0 saturated carbocycles. The van der Waals surface area contributed by atoms with Crippen molar-refractivity contribution in [1.29, 1.82) is 0 Å². The van der Waals surface area contributed by atoms with Crippen LogP contribution in [0.25, 0.3) is 0 Å². The van der Waals surface area contributed by atoms with E-state index in [2.05, 4.69) is 22.5 Å². The molecule has 0 spiro atoms. The summed E-state index contributed by atoms with van der Waals surface area (Å²) >= 11 is 0. The zero-order valence-corrected chi connectivity index (χ0v) is 14.3. The third-order valence-electron chi connectivity index (χ3n) is 3.49. The second-order valence-corrected chi connectivity index (χ2v) is 5.53. The highest BCUT2D eigenvalue weighted by Crippen LogP contribution is 2.13. The van der Waals surface area contributed by atoms with Crippen molar-refractivity contribution in [3.05, 3.63) is 59.9 Å². The molecule has 0 radical (unpaired) electrons. The summed E-state index contributed by atoms with van der Waals surface area (Å²) in [6, 6.07) is 11.1. The Hall–Kier alpha value is -2.89. The highest BCUT2D eigenvalue weighted by molar-refractivity contribution is 5.93. The summed E-state index contributed by atoms with van der Waals surface area (Å²) in [5, 5.41) is 5.41. The number of hydrogen-bond donors (Lipinski definition) is 2.